The highest BCUT2D eigenvalue weighted by Crippen LogP contribution is 2.43. The molecule has 0 saturated carbocycles. The predicted molar refractivity (Wildman–Crippen MR) is 143 cm³/mol. The Kier molecular flexibility index (Phi) is 10.0. The van der Waals surface area contributed by atoms with Gasteiger partial charge < -0.3 is 9.47 Å². The van der Waals surface area contributed by atoms with Crippen molar-refractivity contribution in [1.82, 2.24) is 0 Å². The lowest BCUT2D eigenvalue weighted by atomic mass is 10.1. The van der Waals surface area contributed by atoms with Crippen molar-refractivity contribution in [3.63, 3.8) is 0 Å². The Morgan fingerprint density at radius 2 is 1.34 bits per heavy atom. The van der Waals surface area contributed by atoms with Gasteiger partial charge in [-0.1, -0.05) is 60.9 Å². The lowest BCUT2D eigenvalue weighted by Crippen LogP contribution is -2.18. The largest absolute Gasteiger partial charge is 0.457 e. The van der Waals surface area contributed by atoms with Gasteiger partial charge in [-0.3, -0.25) is 0 Å². The summed E-state index contributed by atoms with van der Waals surface area (Å²) in [5, 5.41) is 3.34. The molecule has 32 heavy (non-hydrogen) atoms. The first-order valence-corrected chi connectivity index (χ1v) is 16.2. The smallest absolute Gasteiger partial charge is 0.333 e. The summed E-state index contributed by atoms with van der Waals surface area (Å²) < 4.78 is 10.6. The molecule has 2 fully saturated rings. The van der Waals surface area contributed by atoms with Crippen LogP contribution in [-0.2, 0) is 40.9 Å². The van der Waals surface area contributed by atoms with E-state index in [4.69, 9.17) is 9.47 Å². The molecule has 2 heterocycles. The van der Waals surface area contributed by atoms with Gasteiger partial charge >= 0.3 is 11.9 Å². The molecule has 2 saturated heterocycles. The molecule has 1 aromatic carbocycles. The van der Waals surface area contributed by atoms with Crippen molar-refractivity contribution in [2.24, 2.45) is 0 Å². The Balaban J connectivity index is 1.45. The summed E-state index contributed by atoms with van der Waals surface area (Å²) in [5.74, 6) is 3.64. The monoisotopic (exact) mass is 512 g/mol. The second-order valence-corrected chi connectivity index (χ2v) is 15.6. The molecule has 0 spiro atoms. The third kappa shape index (κ3) is 7.54. The van der Waals surface area contributed by atoms with Crippen molar-refractivity contribution in [2.75, 3.05) is 46.4 Å². The Labute approximate surface area is 206 Å². The van der Waals surface area contributed by atoms with Crippen LogP contribution in [0.25, 0.3) is 0 Å². The van der Waals surface area contributed by atoms with Gasteiger partial charge in [0.2, 0.25) is 0 Å². The molecule has 1 aromatic rings. The molecule has 0 radical (unpaired) electrons. The van der Waals surface area contributed by atoms with E-state index in [2.05, 4.69) is 37.4 Å². The number of esters is 2. The van der Waals surface area contributed by atoms with Crippen molar-refractivity contribution in [1.29, 1.82) is 0 Å². The van der Waals surface area contributed by atoms with E-state index in [0.29, 0.717) is 56.6 Å². The van der Waals surface area contributed by atoms with Crippen molar-refractivity contribution in [2.45, 2.75) is 24.3 Å². The molecule has 8 heteroatoms. The van der Waals surface area contributed by atoms with Crippen LogP contribution < -0.4 is 0 Å². The van der Waals surface area contributed by atoms with Crippen LogP contribution in [0.3, 0.4) is 0 Å². The quantitative estimate of drug-likeness (QED) is 0.258. The summed E-state index contributed by atoms with van der Waals surface area (Å²) in [5.41, 5.74) is 3.77. The number of carbonyl (C=O) groups excluding carboxylic acids is 2. The number of rotatable bonds is 10. The van der Waals surface area contributed by atoms with Gasteiger partial charge in [0, 0.05) is 32.9 Å². The molecule has 174 valence electrons. The normalized spacial score (nSPS) is 24.8. The molecule has 0 bridgehead atoms. The Bertz CT molecular complexity index is 791. The first-order valence-electron chi connectivity index (χ1n) is 10.6. The maximum atomic E-state index is 11.6. The van der Waals surface area contributed by atoms with Gasteiger partial charge in [0.15, 0.2) is 10.2 Å². The molecule has 3 rings (SSSR count). The molecule has 0 aliphatic carbocycles. The zero-order valence-corrected chi connectivity index (χ0v) is 22.1. The fourth-order valence-corrected chi connectivity index (χ4v) is 12.7. The summed E-state index contributed by atoms with van der Waals surface area (Å²) >= 11 is 4.06. The van der Waals surface area contributed by atoms with Crippen LogP contribution >= 0.6 is 23.5 Å². The van der Waals surface area contributed by atoms with Crippen molar-refractivity contribution < 1.29 is 19.1 Å². The minimum Gasteiger partial charge on any atom is -0.457 e. The van der Waals surface area contributed by atoms with Gasteiger partial charge in [0.25, 0.3) is 0 Å². The van der Waals surface area contributed by atoms with Crippen LogP contribution in [0.2, 0.25) is 0 Å². The molecule has 2 aliphatic rings. The molecule has 0 N–H and O–H groups in total. The lowest BCUT2D eigenvalue weighted by molar-refractivity contribution is -0.139. The second-order valence-electron chi connectivity index (χ2n) is 8.02. The Morgan fingerprint density at radius 1 is 0.906 bits per heavy atom. The summed E-state index contributed by atoms with van der Waals surface area (Å²) in [6, 6.07) is 9.11. The summed E-state index contributed by atoms with van der Waals surface area (Å²) in [4.78, 5) is 23.1. The predicted octanol–water partition coefficient (Wildman–Crippen LogP) is 4.65. The molecular weight excluding hydrogens is 481 g/mol. The van der Waals surface area contributed by atoms with Crippen LogP contribution in [0.5, 0.6) is 0 Å². The van der Waals surface area contributed by atoms with Crippen LogP contribution in [-0.4, -0.2) is 58.3 Å². The zero-order valence-electron chi connectivity index (χ0n) is 18.8. The van der Waals surface area contributed by atoms with Crippen LogP contribution in [0.1, 0.15) is 35.5 Å². The fraction of sp³-hybridized carbons (Fsp3) is 0.500. The third-order valence-corrected chi connectivity index (χ3v) is 14.2. The highest BCUT2D eigenvalue weighted by Gasteiger charge is 2.37. The van der Waals surface area contributed by atoms with E-state index in [1.54, 1.807) is 13.8 Å². The third-order valence-electron chi connectivity index (χ3n) is 5.21. The van der Waals surface area contributed by atoms with Gasteiger partial charge in [0.05, 0.1) is 10.5 Å². The van der Waals surface area contributed by atoms with Gasteiger partial charge in [-0.2, -0.15) is 0 Å². The average Bonchev–Trinajstić information content (AvgIpc) is 3.43. The first kappa shape index (κ1) is 25.7. The highest BCUT2D eigenvalue weighted by molar-refractivity contribution is 8.18. The van der Waals surface area contributed by atoms with Crippen LogP contribution in [0, 0.1) is 0 Å². The van der Waals surface area contributed by atoms with Gasteiger partial charge in [-0.15, -0.1) is 0 Å². The molecule has 4 nitrogen and oxygen atoms in total. The maximum absolute atomic E-state index is 11.6. The van der Waals surface area contributed by atoms with Gasteiger partial charge in [0.1, 0.15) is 36.2 Å². The number of hydrogen-bond acceptors (Lipinski definition) is 6. The highest BCUT2D eigenvalue weighted by atomic mass is 32.3. The summed E-state index contributed by atoms with van der Waals surface area (Å²) in [6.45, 7) is 11.6. The minimum atomic E-state index is -0.285. The topological polar surface area (TPSA) is 52.6 Å². The second kappa shape index (κ2) is 12.5. The molecule has 4 unspecified atom stereocenters. The van der Waals surface area contributed by atoms with E-state index in [-0.39, 0.29) is 11.9 Å². The average molecular weight is 513 g/mol. The summed E-state index contributed by atoms with van der Waals surface area (Å²) in [7, 11) is 0.583. The molecule has 0 aromatic heterocycles. The van der Waals surface area contributed by atoms with E-state index in [0.717, 1.165) is 33.2 Å². The first-order chi connectivity index (χ1) is 15.3. The van der Waals surface area contributed by atoms with Gasteiger partial charge in [-0.05, 0) is 25.0 Å². The number of hydrogen-bond donors (Lipinski definition) is 0. The number of carbonyl (C=O) groups is 2. The molecule has 4 atom stereocenters. The lowest BCUT2D eigenvalue weighted by Gasteiger charge is -2.11. The SMILES string of the molecule is C=C(C)C(=O)OCC[S+]1CSC(c2cccc(C3C[S+](CCOC(=O)C(=C)C)CS3)c2)C1. The van der Waals surface area contributed by atoms with E-state index in [9.17, 15) is 9.59 Å². The zero-order chi connectivity index (χ0) is 23.1. The van der Waals surface area contributed by atoms with E-state index >= 15 is 0 Å². The Hall–Kier alpha value is -0.960. The van der Waals surface area contributed by atoms with Crippen molar-refractivity contribution in [3.8, 4) is 0 Å². The maximum Gasteiger partial charge on any atom is 0.333 e. The molecule has 2 aliphatic heterocycles. The standard InChI is InChI=1S/C24H32O4S4/c1-17(2)23(25)27-8-10-31-13-21(29-15-31)19-6-5-7-20(12-19)22-14-32(16-30-22)11-9-28-24(26)18(3)4/h5-7,12,21-22H,1,3,8-11,13-16H2,2,4H3/q+2. The van der Waals surface area contributed by atoms with E-state index < -0.39 is 0 Å². The fourth-order valence-electron chi connectivity index (χ4n) is 3.36. The summed E-state index contributed by atoms with van der Waals surface area (Å²) in [6.07, 6.45) is 0. The van der Waals surface area contributed by atoms with E-state index in [1.165, 1.54) is 11.1 Å². The molecular formula is C24H32O4S4+2. The van der Waals surface area contributed by atoms with Crippen molar-refractivity contribution >= 4 is 57.3 Å². The van der Waals surface area contributed by atoms with Gasteiger partial charge in [-0.25, -0.2) is 9.59 Å². The van der Waals surface area contributed by atoms with E-state index in [1.807, 2.05) is 23.5 Å². The number of thioether (sulfide) groups is 2. The van der Waals surface area contributed by atoms with Crippen LogP contribution in [0.15, 0.2) is 48.6 Å². The molecule has 0 amide bonds. The van der Waals surface area contributed by atoms with Crippen LogP contribution in [0.4, 0.5) is 0 Å². The van der Waals surface area contributed by atoms with Crippen molar-refractivity contribution in [3.05, 3.63) is 59.7 Å². The number of ether oxygens (including phenoxy) is 2. The number of benzene rings is 1. The Morgan fingerprint density at radius 3 is 1.75 bits per heavy atom. The minimum absolute atomic E-state index is 0.285.